The first-order chi connectivity index (χ1) is 10.3. The summed E-state index contributed by atoms with van der Waals surface area (Å²) in [4.78, 5) is 21.7. The standard InChI is InChI=1S/C13H14F3N3O3.ClH/c14-13(15,16)10-7-9(19(21)22)1-2-11(10)18-12(20)8-3-5-17-6-4-8;/h1-2,7-8,17H,3-6H2,(H,18,20);1H. The SMILES string of the molecule is Cl.O=C(Nc1ccc([N+](=O)[O-])cc1C(F)(F)F)C1CCNCC1. The molecule has 1 amide bonds. The lowest BCUT2D eigenvalue weighted by Crippen LogP contribution is -2.35. The highest BCUT2D eigenvalue weighted by molar-refractivity contribution is 5.93. The first-order valence-electron chi connectivity index (χ1n) is 6.66. The van der Waals surface area contributed by atoms with Gasteiger partial charge in [0, 0.05) is 18.1 Å². The number of anilines is 1. The number of nitrogens with one attached hydrogen (secondary N) is 2. The lowest BCUT2D eigenvalue weighted by molar-refractivity contribution is -0.385. The van der Waals surface area contributed by atoms with Gasteiger partial charge < -0.3 is 10.6 Å². The fraction of sp³-hybridized carbons (Fsp3) is 0.462. The van der Waals surface area contributed by atoms with Gasteiger partial charge in [-0.1, -0.05) is 0 Å². The van der Waals surface area contributed by atoms with Crippen LogP contribution >= 0.6 is 12.4 Å². The first kappa shape index (κ1) is 19.2. The van der Waals surface area contributed by atoms with E-state index in [1.807, 2.05) is 0 Å². The van der Waals surface area contributed by atoms with E-state index in [9.17, 15) is 28.1 Å². The second kappa shape index (κ2) is 7.60. The maximum Gasteiger partial charge on any atom is 0.418 e. The second-order valence-electron chi connectivity index (χ2n) is 5.00. The van der Waals surface area contributed by atoms with Crippen LogP contribution in [-0.4, -0.2) is 23.9 Å². The second-order valence-corrected chi connectivity index (χ2v) is 5.00. The number of nitro groups is 1. The number of hydrogen-bond donors (Lipinski definition) is 2. The minimum Gasteiger partial charge on any atom is -0.325 e. The van der Waals surface area contributed by atoms with Gasteiger partial charge in [-0.05, 0) is 32.0 Å². The van der Waals surface area contributed by atoms with Gasteiger partial charge >= 0.3 is 6.18 Å². The van der Waals surface area contributed by atoms with Crippen molar-refractivity contribution in [2.45, 2.75) is 19.0 Å². The van der Waals surface area contributed by atoms with Gasteiger partial charge in [-0.2, -0.15) is 13.2 Å². The Morgan fingerprint density at radius 2 is 1.91 bits per heavy atom. The van der Waals surface area contributed by atoms with Crippen LogP contribution in [0.25, 0.3) is 0 Å². The molecule has 0 aromatic heterocycles. The molecule has 0 spiro atoms. The summed E-state index contributed by atoms with van der Waals surface area (Å²) in [6.45, 7) is 1.26. The number of carbonyl (C=O) groups is 1. The van der Waals surface area contributed by atoms with Gasteiger partial charge in [0.1, 0.15) is 0 Å². The molecule has 0 radical (unpaired) electrons. The van der Waals surface area contributed by atoms with Gasteiger partial charge in [-0.15, -0.1) is 12.4 Å². The van der Waals surface area contributed by atoms with Crippen molar-refractivity contribution in [1.82, 2.24) is 5.32 Å². The molecular weight excluding hydrogens is 339 g/mol. The lowest BCUT2D eigenvalue weighted by Gasteiger charge is -2.22. The van der Waals surface area contributed by atoms with Crippen molar-refractivity contribution in [3.05, 3.63) is 33.9 Å². The summed E-state index contributed by atoms with van der Waals surface area (Å²) in [6, 6.07) is 2.28. The Morgan fingerprint density at radius 3 is 2.43 bits per heavy atom. The molecule has 0 aliphatic carbocycles. The lowest BCUT2D eigenvalue weighted by atomic mass is 9.97. The third kappa shape index (κ3) is 4.80. The summed E-state index contributed by atoms with van der Waals surface area (Å²) < 4.78 is 39.0. The topological polar surface area (TPSA) is 84.3 Å². The van der Waals surface area contributed by atoms with Crippen LogP contribution in [0, 0.1) is 16.0 Å². The zero-order valence-electron chi connectivity index (χ0n) is 11.9. The van der Waals surface area contributed by atoms with Crippen LogP contribution in [0.2, 0.25) is 0 Å². The summed E-state index contributed by atoms with van der Waals surface area (Å²) in [6.07, 6.45) is -3.71. The molecule has 23 heavy (non-hydrogen) atoms. The fourth-order valence-electron chi connectivity index (χ4n) is 2.31. The number of nitro benzene ring substituents is 1. The minimum atomic E-state index is -4.79. The summed E-state index contributed by atoms with van der Waals surface area (Å²) >= 11 is 0. The largest absolute Gasteiger partial charge is 0.418 e. The van der Waals surface area contributed by atoms with Crippen molar-refractivity contribution in [2.75, 3.05) is 18.4 Å². The van der Waals surface area contributed by atoms with E-state index in [4.69, 9.17) is 0 Å². The van der Waals surface area contributed by atoms with Crippen LogP contribution in [0.3, 0.4) is 0 Å². The molecule has 0 atom stereocenters. The van der Waals surface area contributed by atoms with Crippen molar-refractivity contribution in [3.63, 3.8) is 0 Å². The summed E-state index contributed by atoms with van der Waals surface area (Å²) in [5, 5.41) is 15.9. The zero-order valence-corrected chi connectivity index (χ0v) is 12.7. The predicted molar refractivity (Wildman–Crippen MR) is 79.6 cm³/mol. The van der Waals surface area contributed by atoms with Gasteiger partial charge in [-0.25, -0.2) is 0 Å². The summed E-state index contributed by atoms with van der Waals surface area (Å²) in [5.41, 5.74) is -2.35. The molecule has 128 valence electrons. The molecule has 1 aliphatic rings. The molecular formula is C13H15ClF3N3O3. The van der Waals surface area contributed by atoms with Crippen LogP contribution in [0.1, 0.15) is 18.4 Å². The average Bonchev–Trinajstić information content (AvgIpc) is 2.47. The molecule has 0 unspecified atom stereocenters. The highest BCUT2D eigenvalue weighted by Crippen LogP contribution is 2.37. The number of rotatable bonds is 3. The molecule has 2 N–H and O–H groups in total. The number of non-ortho nitro benzene ring substituents is 1. The number of carbonyl (C=O) groups excluding carboxylic acids is 1. The van der Waals surface area contributed by atoms with E-state index in [1.54, 1.807) is 0 Å². The van der Waals surface area contributed by atoms with E-state index < -0.39 is 33.9 Å². The number of piperidine rings is 1. The highest BCUT2D eigenvalue weighted by Gasteiger charge is 2.36. The molecule has 0 saturated carbocycles. The molecule has 0 bridgehead atoms. The zero-order chi connectivity index (χ0) is 16.3. The molecule has 1 aromatic rings. The summed E-state index contributed by atoms with van der Waals surface area (Å²) in [5.74, 6) is -0.863. The van der Waals surface area contributed by atoms with Crippen LogP contribution in [0.4, 0.5) is 24.5 Å². The maximum atomic E-state index is 13.0. The Morgan fingerprint density at radius 1 is 1.30 bits per heavy atom. The van der Waals surface area contributed by atoms with Crippen LogP contribution in [-0.2, 0) is 11.0 Å². The molecule has 1 aliphatic heterocycles. The molecule has 1 aromatic carbocycles. The monoisotopic (exact) mass is 353 g/mol. The Labute approximate surface area is 136 Å². The average molecular weight is 354 g/mol. The maximum absolute atomic E-state index is 13.0. The molecule has 6 nitrogen and oxygen atoms in total. The Bertz CT molecular complexity index is 590. The Hall–Kier alpha value is -1.87. The number of halogens is 4. The molecule has 2 rings (SSSR count). The van der Waals surface area contributed by atoms with Crippen molar-refractivity contribution in [1.29, 1.82) is 0 Å². The highest BCUT2D eigenvalue weighted by atomic mass is 35.5. The third-order valence-electron chi connectivity index (χ3n) is 3.49. The van der Waals surface area contributed by atoms with E-state index in [0.717, 1.165) is 12.1 Å². The number of hydrogen-bond acceptors (Lipinski definition) is 4. The number of alkyl halides is 3. The quantitative estimate of drug-likeness (QED) is 0.646. The van der Waals surface area contributed by atoms with Gasteiger partial charge in [0.05, 0.1) is 16.2 Å². The van der Waals surface area contributed by atoms with Gasteiger partial charge in [-0.3, -0.25) is 14.9 Å². The molecule has 1 saturated heterocycles. The van der Waals surface area contributed by atoms with Crippen LogP contribution in [0.15, 0.2) is 18.2 Å². The van der Waals surface area contributed by atoms with E-state index in [1.165, 1.54) is 0 Å². The third-order valence-corrected chi connectivity index (χ3v) is 3.49. The van der Waals surface area contributed by atoms with Gasteiger partial charge in [0.15, 0.2) is 0 Å². The van der Waals surface area contributed by atoms with E-state index in [0.29, 0.717) is 32.0 Å². The smallest absolute Gasteiger partial charge is 0.325 e. The van der Waals surface area contributed by atoms with Crippen LogP contribution < -0.4 is 10.6 Å². The van der Waals surface area contributed by atoms with E-state index in [2.05, 4.69) is 10.6 Å². The van der Waals surface area contributed by atoms with Crippen molar-refractivity contribution < 1.29 is 22.9 Å². The van der Waals surface area contributed by atoms with Crippen molar-refractivity contribution >= 4 is 29.7 Å². The molecule has 10 heteroatoms. The van der Waals surface area contributed by atoms with E-state index >= 15 is 0 Å². The Balaban J connectivity index is 0.00000264. The Kier molecular flexibility index (Phi) is 6.34. The van der Waals surface area contributed by atoms with Gasteiger partial charge in [0.25, 0.3) is 5.69 Å². The van der Waals surface area contributed by atoms with Gasteiger partial charge in [0.2, 0.25) is 5.91 Å². The summed E-state index contributed by atoms with van der Waals surface area (Å²) in [7, 11) is 0. The number of nitrogens with zero attached hydrogens (tertiary/aromatic N) is 1. The normalized spacial score (nSPS) is 15.6. The first-order valence-corrected chi connectivity index (χ1v) is 6.66. The minimum absolute atomic E-state index is 0. The predicted octanol–water partition coefficient (Wildman–Crippen LogP) is 2.97. The molecule has 1 fully saturated rings. The number of amides is 1. The van der Waals surface area contributed by atoms with Crippen LogP contribution in [0.5, 0.6) is 0 Å². The molecule has 1 heterocycles. The van der Waals surface area contributed by atoms with Crippen molar-refractivity contribution in [3.8, 4) is 0 Å². The van der Waals surface area contributed by atoms with Crippen molar-refractivity contribution in [2.24, 2.45) is 5.92 Å². The van der Waals surface area contributed by atoms with E-state index in [-0.39, 0.29) is 18.3 Å². The fourth-order valence-corrected chi connectivity index (χ4v) is 2.31. The number of benzene rings is 1.